The van der Waals surface area contributed by atoms with E-state index in [1.165, 1.54) is 30.5 Å². The minimum Gasteiger partial charge on any atom is -0.314 e. The molecular weight excluding hydrogens is 208 g/mol. The SMILES string of the molecule is CCNC(C)C(C)C1CCCc2cccnc21. The van der Waals surface area contributed by atoms with Gasteiger partial charge in [-0.2, -0.15) is 0 Å². The molecule has 2 heteroatoms. The Hall–Kier alpha value is -0.890. The summed E-state index contributed by atoms with van der Waals surface area (Å²) in [7, 11) is 0. The van der Waals surface area contributed by atoms with Gasteiger partial charge in [0.05, 0.1) is 0 Å². The van der Waals surface area contributed by atoms with Crippen molar-refractivity contribution < 1.29 is 0 Å². The Balaban J connectivity index is 2.17. The number of rotatable bonds is 4. The van der Waals surface area contributed by atoms with Crippen LogP contribution in [0.2, 0.25) is 0 Å². The zero-order valence-corrected chi connectivity index (χ0v) is 11.2. The van der Waals surface area contributed by atoms with Gasteiger partial charge < -0.3 is 5.32 Å². The summed E-state index contributed by atoms with van der Waals surface area (Å²) in [5.41, 5.74) is 2.83. The highest BCUT2D eigenvalue weighted by Gasteiger charge is 2.28. The van der Waals surface area contributed by atoms with Crippen molar-refractivity contribution in [2.45, 2.75) is 52.0 Å². The van der Waals surface area contributed by atoms with Crippen LogP contribution in [0.1, 0.15) is 50.8 Å². The van der Waals surface area contributed by atoms with Crippen LogP contribution >= 0.6 is 0 Å². The van der Waals surface area contributed by atoms with E-state index >= 15 is 0 Å². The standard InChI is InChI=1S/C15H24N2/c1-4-16-12(3)11(2)14-9-5-7-13-8-6-10-17-15(13)14/h6,8,10-12,14,16H,4-5,7,9H2,1-3H3. The van der Waals surface area contributed by atoms with Crippen molar-refractivity contribution >= 4 is 0 Å². The summed E-state index contributed by atoms with van der Waals surface area (Å²) < 4.78 is 0. The predicted molar refractivity (Wildman–Crippen MR) is 72.2 cm³/mol. The number of pyridine rings is 1. The minimum atomic E-state index is 0.568. The van der Waals surface area contributed by atoms with E-state index in [1.54, 1.807) is 0 Å². The van der Waals surface area contributed by atoms with Gasteiger partial charge >= 0.3 is 0 Å². The Morgan fingerprint density at radius 2 is 2.29 bits per heavy atom. The normalized spacial score (nSPS) is 22.9. The van der Waals surface area contributed by atoms with Gasteiger partial charge in [0.2, 0.25) is 0 Å². The minimum absolute atomic E-state index is 0.568. The molecule has 1 aliphatic rings. The van der Waals surface area contributed by atoms with E-state index in [0.717, 1.165) is 6.54 Å². The van der Waals surface area contributed by atoms with Crippen LogP contribution in [0.5, 0.6) is 0 Å². The molecule has 17 heavy (non-hydrogen) atoms. The topological polar surface area (TPSA) is 24.9 Å². The highest BCUT2D eigenvalue weighted by Crippen LogP contribution is 2.36. The predicted octanol–water partition coefficient (Wildman–Crippen LogP) is 3.14. The molecule has 0 fully saturated rings. The summed E-state index contributed by atoms with van der Waals surface area (Å²) in [5.74, 6) is 1.29. The molecule has 0 bridgehead atoms. The molecule has 0 spiro atoms. The maximum Gasteiger partial charge on any atom is 0.0469 e. The smallest absolute Gasteiger partial charge is 0.0469 e. The van der Waals surface area contributed by atoms with Gasteiger partial charge in [0.1, 0.15) is 0 Å². The number of fused-ring (bicyclic) bond motifs is 1. The van der Waals surface area contributed by atoms with Crippen LogP contribution < -0.4 is 5.32 Å². The second-order valence-corrected chi connectivity index (χ2v) is 5.25. The summed E-state index contributed by atoms with van der Waals surface area (Å²) in [6.45, 7) is 7.89. The highest BCUT2D eigenvalue weighted by molar-refractivity contribution is 5.26. The van der Waals surface area contributed by atoms with Gasteiger partial charge in [-0.1, -0.05) is 19.9 Å². The molecule has 2 rings (SSSR count). The molecule has 1 aliphatic carbocycles. The number of aromatic nitrogens is 1. The van der Waals surface area contributed by atoms with E-state index in [0.29, 0.717) is 17.9 Å². The lowest BCUT2D eigenvalue weighted by atomic mass is 9.77. The fourth-order valence-electron chi connectivity index (χ4n) is 3.01. The van der Waals surface area contributed by atoms with Crippen LogP contribution in [-0.2, 0) is 6.42 Å². The fourth-order valence-corrected chi connectivity index (χ4v) is 3.01. The fraction of sp³-hybridized carbons (Fsp3) is 0.667. The van der Waals surface area contributed by atoms with Crippen molar-refractivity contribution in [3.8, 4) is 0 Å². The van der Waals surface area contributed by atoms with E-state index in [1.807, 2.05) is 6.20 Å². The summed E-state index contributed by atoms with van der Waals surface area (Å²) in [6.07, 6.45) is 5.76. The Labute approximate surface area is 105 Å². The Morgan fingerprint density at radius 3 is 3.06 bits per heavy atom. The molecule has 0 amide bonds. The van der Waals surface area contributed by atoms with Crippen LogP contribution in [0.4, 0.5) is 0 Å². The van der Waals surface area contributed by atoms with Crippen molar-refractivity contribution in [1.82, 2.24) is 10.3 Å². The van der Waals surface area contributed by atoms with E-state index in [2.05, 4.69) is 43.2 Å². The van der Waals surface area contributed by atoms with Crippen molar-refractivity contribution in [1.29, 1.82) is 0 Å². The highest BCUT2D eigenvalue weighted by atomic mass is 14.9. The third-order valence-corrected chi connectivity index (χ3v) is 4.19. The van der Waals surface area contributed by atoms with E-state index in [9.17, 15) is 0 Å². The first-order valence-electron chi connectivity index (χ1n) is 6.91. The molecule has 0 aromatic carbocycles. The summed E-state index contributed by atoms with van der Waals surface area (Å²) in [6, 6.07) is 4.89. The molecule has 2 nitrogen and oxygen atoms in total. The number of hydrogen-bond acceptors (Lipinski definition) is 2. The zero-order valence-electron chi connectivity index (χ0n) is 11.2. The third kappa shape index (κ3) is 2.68. The first-order valence-corrected chi connectivity index (χ1v) is 6.91. The van der Waals surface area contributed by atoms with Crippen LogP contribution in [0.3, 0.4) is 0 Å². The molecule has 0 saturated heterocycles. The largest absolute Gasteiger partial charge is 0.314 e. The molecular formula is C15H24N2. The second kappa shape index (κ2) is 5.63. The van der Waals surface area contributed by atoms with Crippen molar-refractivity contribution in [2.24, 2.45) is 5.92 Å². The van der Waals surface area contributed by atoms with Gasteiger partial charge in [-0.25, -0.2) is 0 Å². The first-order chi connectivity index (χ1) is 8.24. The van der Waals surface area contributed by atoms with Gasteiger partial charge in [0, 0.05) is 23.9 Å². The number of nitrogens with zero attached hydrogens (tertiary/aromatic N) is 1. The lowest BCUT2D eigenvalue weighted by Crippen LogP contribution is -2.36. The zero-order chi connectivity index (χ0) is 12.3. The van der Waals surface area contributed by atoms with Crippen LogP contribution in [-0.4, -0.2) is 17.6 Å². The Bertz CT molecular complexity index is 362. The molecule has 1 N–H and O–H groups in total. The van der Waals surface area contributed by atoms with E-state index in [-0.39, 0.29) is 0 Å². The number of aryl methyl sites for hydroxylation is 1. The lowest BCUT2D eigenvalue weighted by molar-refractivity contribution is 0.316. The van der Waals surface area contributed by atoms with Crippen molar-refractivity contribution in [3.05, 3.63) is 29.6 Å². The molecule has 0 radical (unpaired) electrons. The van der Waals surface area contributed by atoms with Crippen LogP contribution in [0, 0.1) is 5.92 Å². The molecule has 0 saturated carbocycles. The Kier molecular flexibility index (Phi) is 4.16. The average Bonchev–Trinajstić information content (AvgIpc) is 2.37. The van der Waals surface area contributed by atoms with Crippen molar-refractivity contribution in [2.75, 3.05) is 6.54 Å². The maximum atomic E-state index is 4.64. The summed E-state index contributed by atoms with van der Waals surface area (Å²) in [5, 5.41) is 3.55. The summed E-state index contributed by atoms with van der Waals surface area (Å²) >= 11 is 0. The molecule has 1 aromatic heterocycles. The first kappa shape index (κ1) is 12.6. The van der Waals surface area contributed by atoms with Crippen LogP contribution in [0.15, 0.2) is 18.3 Å². The number of nitrogens with one attached hydrogen (secondary N) is 1. The molecule has 1 heterocycles. The van der Waals surface area contributed by atoms with E-state index in [4.69, 9.17) is 0 Å². The lowest BCUT2D eigenvalue weighted by Gasteiger charge is -2.33. The summed E-state index contributed by atoms with van der Waals surface area (Å²) in [4.78, 5) is 4.64. The molecule has 94 valence electrons. The number of hydrogen-bond donors (Lipinski definition) is 1. The van der Waals surface area contributed by atoms with Gasteiger partial charge in [0.25, 0.3) is 0 Å². The monoisotopic (exact) mass is 232 g/mol. The molecule has 1 aromatic rings. The van der Waals surface area contributed by atoms with Gasteiger partial charge in [0.15, 0.2) is 0 Å². The quantitative estimate of drug-likeness (QED) is 0.862. The van der Waals surface area contributed by atoms with Gasteiger partial charge in [-0.15, -0.1) is 0 Å². The Morgan fingerprint density at radius 1 is 1.47 bits per heavy atom. The molecule has 3 atom stereocenters. The van der Waals surface area contributed by atoms with Gasteiger partial charge in [-0.3, -0.25) is 4.98 Å². The average molecular weight is 232 g/mol. The third-order valence-electron chi connectivity index (χ3n) is 4.19. The maximum absolute atomic E-state index is 4.64. The van der Waals surface area contributed by atoms with Gasteiger partial charge in [-0.05, 0) is 50.3 Å². The van der Waals surface area contributed by atoms with E-state index < -0.39 is 0 Å². The molecule has 0 aliphatic heterocycles. The molecule has 3 unspecified atom stereocenters. The van der Waals surface area contributed by atoms with Crippen LogP contribution in [0.25, 0.3) is 0 Å². The van der Waals surface area contributed by atoms with Crippen molar-refractivity contribution in [3.63, 3.8) is 0 Å². The second-order valence-electron chi connectivity index (χ2n) is 5.25.